The number of sulfonamides is 1. The number of hydrogen-bond acceptors (Lipinski definition) is 2. The second-order valence-corrected chi connectivity index (χ2v) is 11.2. The molecule has 1 unspecified atom stereocenters. The molecule has 0 spiro atoms. The Bertz CT molecular complexity index is 1150. The summed E-state index contributed by atoms with van der Waals surface area (Å²) in [7, 11) is -3.61. The Hall–Kier alpha value is -2.69. The van der Waals surface area contributed by atoms with Crippen molar-refractivity contribution in [1.82, 2.24) is 4.31 Å². The highest BCUT2D eigenvalue weighted by molar-refractivity contribution is 7.89. The Morgan fingerprint density at radius 3 is 2.09 bits per heavy atom. The van der Waals surface area contributed by atoms with Crippen LogP contribution in [0.1, 0.15) is 38.7 Å². The normalized spacial score (nSPS) is 19.6. The van der Waals surface area contributed by atoms with Crippen molar-refractivity contribution in [3.05, 3.63) is 96.6 Å². The van der Waals surface area contributed by atoms with Crippen LogP contribution in [-0.4, -0.2) is 25.3 Å². The molecule has 0 saturated carbocycles. The summed E-state index contributed by atoms with van der Waals surface area (Å²) < 4.78 is 29.1. The molecule has 4 heteroatoms. The summed E-state index contributed by atoms with van der Waals surface area (Å²) in [4.78, 5) is 0.356. The third kappa shape index (κ3) is 5.20. The highest BCUT2D eigenvalue weighted by atomic mass is 32.2. The maximum absolute atomic E-state index is 13.7. The topological polar surface area (TPSA) is 37.4 Å². The maximum Gasteiger partial charge on any atom is 0.243 e. The highest BCUT2D eigenvalue weighted by Gasteiger charge is 2.36. The largest absolute Gasteiger partial charge is 0.243 e. The SMILES string of the molecule is CC1(C)CCCN(S(=O)(=O)c2ccc(-c3ccccc3)cc2)C(/C=C/c2ccccc2)C1. The molecule has 0 N–H and O–H groups in total. The van der Waals surface area contributed by atoms with Crippen molar-refractivity contribution < 1.29 is 8.42 Å². The fourth-order valence-corrected chi connectivity index (χ4v) is 6.11. The molecular weight excluding hydrogens is 414 g/mol. The first-order valence-corrected chi connectivity index (χ1v) is 12.7. The van der Waals surface area contributed by atoms with Crippen molar-refractivity contribution >= 4 is 16.1 Å². The molecule has 32 heavy (non-hydrogen) atoms. The van der Waals surface area contributed by atoms with E-state index in [1.165, 1.54) is 0 Å². The second-order valence-electron chi connectivity index (χ2n) is 9.32. The average Bonchev–Trinajstić information content (AvgIpc) is 2.97. The molecule has 0 bridgehead atoms. The molecule has 0 aliphatic carbocycles. The third-order valence-corrected chi connectivity index (χ3v) is 8.18. The minimum absolute atomic E-state index is 0.0904. The summed E-state index contributed by atoms with van der Waals surface area (Å²) in [5.41, 5.74) is 3.27. The summed E-state index contributed by atoms with van der Waals surface area (Å²) in [5, 5.41) is 0. The van der Waals surface area contributed by atoms with Gasteiger partial charge in [0.1, 0.15) is 0 Å². The van der Waals surface area contributed by atoms with Crippen LogP contribution in [-0.2, 0) is 10.0 Å². The molecule has 1 aliphatic heterocycles. The van der Waals surface area contributed by atoms with E-state index in [0.717, 1.165) is 36.0 Å². The first-order chi connectivity index (χ1) is 15.4. The van der Waals surface area contributed by atoms with Crippen LogP contribution in [0.3, 0.4) is 0 Å². The van der Waals surface area contributed by atoms with E-state index in [9.17, 15) is 8.42 Å². The van der Waals surface area contributed by atoms with Crippen LogP contribution in [0.5, 0.6) is 0 Å². The summed E-state index contributed by atoms with van der Waals surface area (Å²) in [6.45, 7) is 5.01. The average molecular weight is 446 g/mol. The van der Waals surface area contributed by atoms with Crippen molar-refractivity contribution in [2.45, 2.75) is 44.0 Å². The monoisotopic (exact) mass is 445 g/mol. The molecule has 1 atom stereocenters. The van der Waals surface area contributed by atoms with Gasteiger partial charge in [-0.2, -0.15) is 4.31 Å². The van der Waals surface area contributed by atoms with E-state index in [4.69, 9.17) is 0 Å². The molecule has 166 valence electrons. The van der Waals surface area contributed by atoms with Crippen molar-refractivity contribution in [1.29, 1.82) is 0 Å². The van der Waals surface area contributed by atoms with Crippen LogP contribution in [0, 0.1) is 5.41 Å². The molecule has 1 fully saturated rings. The summed E-state index contributed by atoms with van der Waals surface area (Å²) in [6, 6.07) is 27.2. The lowest BCUT2D eigenvalue weighted by Crippen LogP contribution is -2.39. The van der Waals surface area contributed by atoms with E-state index in [0.29, 0.717) is 11.4 Å². The molecule has 3 aromatic carbocycles. The zero-order valence-electron chi connectivity index (χ0n) is 18.8. The maximum atomic E-state index is 13.7. The molecule has 4 rings (SSSR count). The first-order valence-electron chi connectivity index (χ1n) is 11.3. The number of benzene rings is 3. The van der Waals surface area contributed by atoms with Crippen molar-refractivity contribution in [3.8, 4) is 11.1 Å². The minimum Gasteiger partial charge on any atom is -0.207 e. The quantitative estimate of drug-likeness (QED) is 0.442. The molecule has 1 saturated heterocycles. The van der Waals surface area contributed by atoms with E-state index >= 15 is 0 Å². The lowest BCUT2D eigenvalue weighted by Gasteiger charge is -2.30. The molecular formula is C28H31NO2S. The van der Waals surface area contributed by atoms with Crippen LogP contribution in [0.2, 0.25) is 0 Å². The van der Waals surface area contributed by atoms with Gasteiger partial charge in [0.2, 0.25) is 10.0 Å². The lowest BCUT2D eigenvalue weighted by atomic mass is 9.83. The van der Waals surface area contributed by atoms with Gasteiger partial charge < -0.3 is 0 Å². The van der Waals surface area contributed by atoms with Crippen LogP contribution >= 0.6 is 0 Å². The van der Waals surface area contributed by atoms with Crippen LogP contribution < -0.4 is 0 Å². The van der Waals surface area contributed by atoms with E-state index < -0.39 is 10.0 Å². The third-order valence-electron chi connectivity index (χ3n) is 6.24. The fraction of sp³-hybridized carbons (Fsp3) is 0.286. The van der Waals surface area contributed by atoms with E-state index in [1.807, 2.05) is 78.9 Å². The van der Waals surface area contributed by atoms with Gasteiger partial charge in [-0.1, -0.05) is 98.8 Å². The van der Waals surface area contributed by atoms with Crippen LogP contribution in [0.25, 0.3) is 17.2 Å². The smallest absolute Gasteiger partial charge is 0.207 e. The van der Waals surface area contributed by atoms with Gasteiger partial charge in [-0.25, -0.2) is 8.42 Å². The molecule has 0 amide bonds. The van der Waals surface area contributed by atoms with Gasteiger partial charge in [0.05, 0.1) is 4.90 Å². The van der Waals surface area contributed by atoms with E-state index in [1.54, 1.807) is 16.4 Å². The lowest BCUT2D eigenvalue weighted by molar-refractivity contribution is 0.282. The molecule has 1 heterocycles. The van der Waals surface area contributed by atoms with Crippen LogP contribution in [0.4, 0.5) is 0 Å². The van der Waals surface area contributed by atoms with Crippen molar-refractivity contribution in [3.63, 3.8) is 0 Å². The van der Waals surface area contributed by atoms with Gasteiger partial charge in [0.25, 0.3) is 0 Å². The molecule has 3 aromatic rings. The predicted molar refractivity (Wildman–Crippen MR) is 133 cm³/mol. The minimum atomic E-state index is -3.61. The zero-order valence-corrected chi connectivity index (χ0v) is 19.6. The van der Waals surface area contributed by atoms with Crippen molar-refractivity contribution in [2.75, 3.05) is 6.54 Å². The number of rotatable bonds is 5. The summed E-state index contributed by atoms with van der Waals surface area (Å²) in [5.74, 6) is 0. The number of nitrogens with zero attached hydrogens (tertiary/aromatic N) is 1. The Morgan fingerprint density at radius 1 is 0.844 bits per heavy atom. The molecule has 0 radical (unpaired) electrons. The highest BCUT2D eigenvalue weighted by Crippen LogP contribution is 2.36. The predicted octanol–water partition coefficient (Wildman–Crippen LogP) is 6.64. The standard InChI is InChI=1S/C28H31NO2S/c1-28(2)20-9-21-29(26(22-28)17-14-23-10-5-3-6-11-23)32(30,31)27-18-15-25(16-19-27)24-12-7-4-8-13-24/h3-8,10-19,26H,9,20-22H2,1-2H3/b17-14+. The van der Waals surface area contributed by atoms with Gasteiger partial charge in [-0.05, 0) is 53.5 Å². The fourth-order valence-electron chi connectivity index (χ4n) is 4.48. The Balaban J connectivity index is 1.65. The van der Waals surface area contributed by atoms with Gasteiger partial charge in [0.15, 0.2) is 0 Å². The Labute approximate surface area is 192 Å². The van der Waals surface area contributed by atoms with Crippen LogP contribution in [0.15, 0.2) is 95.9 Å². The van der Waals surface area contributed by atoms with E-state index in [2.05, 4.69) is 19.9 Å². The number of hydrogen-bond donors (Lipinski definition) is 0. The van der Waals surface area contributed by atoms with Gasteiger partial charge in [-0.15, -0.1) is 0 Å². The first kappa shape index (κ1) is 22.5. The Kier molecular flexibility index (Phi) is 6.63. The molecule has 3 nitrogen and oxygen atoms in total. The zero-order chi connectivity index (χ0) is 22.6. The Morgan fingerprint density at radius 2 is 1.44 bits per heavy atom. The second kappa shape index (κ2) is 9.43. The van der Waals surface area contributed by atoms with Gasteiger partial charge >= 0.3 is 0 Å². The van der Waals surface area contributed by atoms with Gasteiger partial charge in [-0.3, -0.25) is 0 Å². The van der Waals surface area contributed by atoms with Crippen molar-refractivity contribution in [2.24, 2.45) is 5.41 Å². The summed E-state index contributed by atoms with van der Waals surface area (Å²) in [6.07, 6.45) is 6.80. The van der Waals surface area contributed by atoms with E-state index in [-0.39, 0.29) is 11.5 Å². The summed E-state index contributed by atoms with van der Waals surface area (Å²) >= 11 is 0. The molecule has 1 aliphatic rings. The molecule has 0 aromatic heterocycles. The van der Waals surface area contributed by atoms with Gasteiger partial charge in [0, 0.05) is 12.6 Å².